The van der Waals surface area contributed by atoms with Gasteiger partial charge in [0, 0.05) is 12.6 Å². The Hall–Kier alpha value is -1.47. The van der Waals surface area contributed by atoms with Crippen molar-refractivity contribution in [2.24, 2.45) is 11.7 Å². The van der Waals surface area contributed by atoms with Crippen molar-refractivity contribution >= 4 is 18.3 Å². The summed E-state index contributed by atoms with van der Waals surface area (Å²) in [4.78, 5) is 12.1. The van der Waals surface area contributed by atoms with Gasteiger partial charge in [-0.3, -0.25) is 4.79 Å². The number of nitrogens with two attached hydrogens (primary N) is 1. The molecule has 4 nitrogen and oxygen atoms in total. The number of halogens is 4. The molecule has 0 spiro atoms. The van der Waals surface area contributed by atoms with Crippen molar-refractivity contribution in [3.8, 4) is 5.75 Å². The average Bonchev–Trinajstić information content (AvgIpc) is 2.54. The molecule has 0 aromatic heterocycles. The van der Waals surface area contributed by atoms with Crippen LogP contribution in [0.2, 0.25) is 0 Å². The average molecular weight is 353 g/mol. The van der Waals surface area contributed by atoms with Crippen molar-refractivity contribution in [1.29, 1.82) is 0 Å². The van der Waals surface area contributed by atoms with Gasteiger partial charge < -0.3 is 16.2 Å². The van der Waals surface area contributed by atoms with Gasteiger partial charge in [-0.2, -0.15) is 4.39 Å². The van der Waals surface area contributed by atoms with E-state index in [0.717, 1.165) is 32.1 Å². The Morgan fingerprint density at radius 1 is 1.26 bits per heavy atom. The monoisotopic (exact) mass is 352 g/mol. The Kier molecular flexibility index (Phi) is 7.15. The van der Waals surface area contributed by atoms with E-state index >= 15 is 0 Å². The Balaban J connectivity index is 0.00000264. The van der Waals surface area contributed by atoms with Crippen LogP contribution in [0, 0.1) is 23.4 Å². The second-order valence-electron chi connectivity index (χ2n) is 5.60. The molecule has 1 aliphatic rings. The first-order chi connectivity index (χ1) is 10.5. The Bertz CT molecular complexity index is 566. The molecule has 130 valence electrons. The number of carbonyl (C=O) groups excluding carboxylic acids is 1. The van der Waals surface area contributed by atoms with E-state index in [0.29, 0.717) is 6.07 Å². The summed E-state index contributed by atoms with van der Waals surface area (Å²) >= 11 is 0. The predicted molar refractivity (Wildman–Crippen MR) is 82.1 cm³/mol. The normalized spacial score (nSPS) is 16.5. The maximum Gasteiger partial charge on any atom is 0.254 e. The zero-order valence-corrected chi connectivity index (χ0v) is 13.3. The molecule has 1 unspecified atom stereocenters. The van der Waals surface area contributed by atoms with Crippen LogP contribution >= 0.6 is 12.4 Å². The summed E-state index contributed by atoms with van der Waals surface area (Å²) in [6.07, 6.45) is 5.03. The minimum Gasteiger partial charge on any atom is -0.503 e. The molecule has 1 aliphatic carbocycles. The van der Waals surface area contributed by atoms with Gasteiger partial charge in [-0.05, 0) is 24.8 Å². The fourth-order valence-corrected chi connectivity index (χ4v) is 2.91. The van der Waals surface area contributed by atoms with Crippen molar-refractivity contribution in [3.63, 3.8) is 0 Å². The maximum atomic E-state index is 13.7. The van der Waals surface area contributed by atoms with E-state index in [-0.39, 0.29) is 30.9 Å². The van der Waals surface area contributed by atoms with Gasteiger partial charge in [0.15, 0.2) is 17.4 Å². The highest BCUT2D eigenvalue weighted by atomic mass is 35.5. The van der Waals surface area contributed by atoms with Crippen LogP contribution in [0.1, 0.15) is 42.5 Å². The van der Waals surface area contributed by atoms with Gasteiger partial charge in [0.25, 0.3) is 5.91 Å². The van der Waals surface area contributed by atoms with E-state index in [1.165, 1.54) is 0 Å². The topological polar surface area (TPSA) is 75.3 Å². The number of carbonyl (C=O) groups is 1. The molecule has 1 amide bonds. The first-order valence-electron chi connectivity index (χ1n) is 7.33. The van der Waals surface area contributed by atoms with E-state index < -0.39 is 34.7 Å². The summed E-state index contributed by atoms with van der Waals surface area (Å²) in [6, 6.07) is 0.0798. The molecule has 4 N–H and O–H groups in total. The second kappa shape index (κ2) is 8.40. The molecule has 1 fully saturated rings. The highest BCUT2D eigenvalue weighted by Crippen LogP contribution is 2.28. The van der Waals surface area contributed by atoms with Crippen LogP contribution in [-0.2, 0) is 0 Å². The van der Waals surface area contributed by atoms with Crippen molar-refractivity contribution in [2.45, 2.75) is 38.1 Å². The zero-order valence-electron chi connectivity index (χ0n) is 12.4. The van der Waals surface area contributed by atoms with Crippen LogP contribution in [0.25, 0.3) is 0 Å². The quantitative estimate of drug-likeness (QED) is 0.729. The largest absolute Gasteiger partial charge is 0.503 e. The van der Waals surface area contributed by atoms with Crippen molar-refractivity contribution < 1.29 is 23.1 Å². The lowest BCUT2D eigenvalue weighted by Gasteiger charge is -2.30. The summed E-state index contributed by atoms with van der Waals surface area (Å²) in [7, 11) is 0. The molecule has 0 heterocycles. The molecule has 1 aromatic rings. The lowest BCUT2D eigenvalue weighted by molar-refractivity contribution is 0.0909. The van der Waals surface area contributed by atoms with Crippen molar-refractivity contribution in [3.05, 3.63) is 29.1 Å². The van der Waals surface area contributed by atoms with Crippen LogP contribution < -0.4 is 11.1 Å². The number of phenolic OH excluding ortho intramolecular Hbond substituents is 1. The highest BCUT2D eigenvalue weighted by molar-refractivity contribution is 5.95. The van der Waals surface area contributed by atoms with Crippen LogP contribution in [0.15, 0.2) is 6.07 Å². The number of rotatable bonds is 4. The minimum atomic E-state index is -1.71. The summed E-state index contributed by atoms with van der Waals surface area (Å²) in [6.45, 7) is 0.174. The molecule has 1 atom stereocenters. The first kappa shape index (κ1) is 19.6. The molecule has 0 aliphatic heterocycles. The van der Waals surface area contributed by atoms with E-state index in [2.05, 4.69) is 5.32 Å². The fraction of sp³-hybridized carbons (Fsp3) is 0.533. The molecular weight excluding hydrogens is 333 g/mol. The van der Waals surface area contributed by atoms with Crippen molar-refractivity contribution in [2.75, 3.05) is 6.54 Å². The summed E-state index contributed by atoms with van der Waals surface area (Å²) in [5.41, 5.74) is 4.93. The van der Waals surface area contributed by atoms with Crippen LogP contribution in [-0.4, -0.2) is 23.6 Å². The number of hydrogen-bond donors (Lipinski definition) is 3. The van der Waals surface area contributed by atoms with Gasteiger partial charge in [-0.25, -0.2) is 8.78 Å². The molecule has 0 saturated heterocycles. The minimum absolute atomic E-state index is 0. The SMILES string of the molecule is Cl.NCC(NC(=O)c1cc(F)c(F)c(O)c1F)C1CCCCC1. The smallest absolute Gasteiger partial charge is 0.254 e. The molecule has 1 saturated carbocycles. The van der Waals surface area contributed by atoms with Gasteiger partial charge in [-0.15, -0.1) is 12.4 Å². The molecule has 0 radical (unpaired) electrons. The van der Waals surface area contributed by atoms with E-state index in [4.69, 9.17) is 10.8 Å². The van der Waals surface area contributed by atoms with Crippen LogP contribution in [0.4, 0.5) is 13.2 Å². The number of amides is 1. The molecule has 1 aromatic carbocycles. The third-order valence-corrected chi connectivity index (χ3v) is 4.17. The molecule has 2 rings (SSSR count). The van der Waals surface area contributed by atoms with Crippen LogP contribution in [0.5, 0.6) is 5.75 Å². The predicted octanol–water partition coefficient (Wildman–Crippen LogP) is 2.87. The Morgan fingerprint density at radius 2 is 1.87 bits per heavy atom. The van der Waals surface area contributed by atoms with E-state index in [1.807, 2.05) is 0 Å². The second-order valence-corrected chi connectivity index (χ2v) is 5.60. The highest BCUT2D eigenvalue weighted by Gasteiger charge is 2.27. The zero-order chi connectivity index (χ0) is 16.3. The van der Waals surface area contributed by atoms with E-state index in [1.54, 1.807) is 0 Å². The van der Waals surface area contributed by atoms with E-state index in [9.17, 15) is 18.0 Å². The molecule has 0 bridgehead atoms. The molecule has 8 heteroatoms. The van der Waals surface area contributed by atoms with Gasteiger partial charge in [0.2, 0.25) is 5.82 Å². The number of hydrogen-bond acceptors (Lipinski definition) is 3. The number of nitrogens with one attached hydrogen (secondary N) is 1. The van der Waals surface area contributed by atoms with Crippen molar-refractivity contribution in [1.82, 2.24) is 5.32 Å². The first-order valence-corrected chi connectivity index (χ1v) is 7.33. The summed E-state index contributed by atoms with van der Waals surface area (Å²) < 4.78 is 40.0. The Labute approximate surface area is 138 Å². The van der Waals surface area contributed by atoms with Gasteiger partial charge in [0.05, 0.1) is 5.56 Å². The third-order valence-electron chi connectivity index (χ3n) is 4.17. The van der Waals surface area contributed by atoms with Crippen LogP contribution in [0.3, 0.4) is 0 Å². The fourth-order valence-electron chi connectivity index (χ4n) is 2.91. The summed E-state index contributed by atoms with van der Waals surface area (Å²) in [5, 5.41) is 11.7. The lowest BCUT2D eigenvalue weighted by Crippen LogP contribution is -2.46. The van der Waals surface area contributed by atoms with Gasteiger partial charge in [0.1, 0.15) is 0 Å². The Morgan fingerprint density at radius 3 is 2.43 bits per heavy atom. The maximum absolute atomic E-state index is 13.7. The molecule has 23 heavy (non-hydrogen) atoms. The standard InChI is InChI=1S/C15H19F3N2O2.ClH/c16-10-6-9(12(17)14(21)13(10)18)15(22)20-11(7-19)8-4-2-1-3-5-8;/h6,8,11,21H,1-5,7,19H2,(H,20,22);1H. The number of phenols is 1. The summed E-state index contributed by atoms with van der Waals surface area (Å²) in [5.74, 6) is -6.89. The van der Waals surface area contributed by atoms with Gasteiger partial charge in [-0.1, -0.05) is 19.3 Å². The third kappa shape index (κ3) is 4.29. The lowest BCUT2D eigenvalue weighted by atomic mass is 9.84. The molecular formula is C15H20ClF3N2O2. The number of benzene rings is 1. The number of aromatic hydroxyl groups is 1. The van der Waals surface area contributed by atoms with Gasteiger partial charge >= 0.3 is 0 Å².